The summed E-state index contributed by atoms with van der Waals surface area (Å²) in [5, 5.41) is 3.05. The van der Waals surface area contributed by atoms with Gasteiger partial charge in [-0.15, -0.1) is 0 Å². The first kappa shape index (κ1) is 21.3. The highest BCUT2D eigenvalue weighted by molar-refractivity contribution is 9.10. The van der Waals surface area contributed by atoms with Gasteiger partial charge < -0.3 is 14.8 Å². The molecule has 0 amide bonds. The standard InChI is InChI=1S/C22H23BrFNO4/c1-12(2)28-20(26)22(21(27)29-13(3)4)16-6-5-7-17(24)18(16)25-19(22)14-8-10-15(23)11-9-14/h5-13,19,25H,1-4H3/t19-/m1/s1. The molecule has 0 saturated carbocycles. The molecule has 7 heteroatoms. The second kappa shape index (κ2) is 8.14. The second-order valence-corrected chi connectivity index (χ2v) is 8.42. The summed E-state index contributed by atoms with van der Waals surface area (Å²) < 4.78 is 26.5. The highest BCUT2D eigenvalue weighted by Gasteiger charge is 2.62. The number of fused-ring (bicyclic) bond motifs is 1. The van der Waals surface area contributed by atoms with E-state index in [9.17, 15) is 14.0 Å². The van der Waals surface area contributed by atoms with Crippen molar-refractivity contribution >= 4 is 33.6 Å². The number of benzene rings is 2. The molecule has 3 rings (SSSR count). The number of carbonyl (C=O) groups is 2. The maximum atomic E-state index is 14.7. The Kier molecular flexibility index (Phi) is 5.98. The fourth-order valence-electron chi connectivity index (χ4n) is 3.55. The lowest BCUT2D eigenvalue weighted by Crippen LogP contribution is -2.50. The predicted octanol–water partition coefficient (Wildman–Crippen LogP) is 4.90. The zero-order chi connectivity index (χ0) is 21.3. The van der Waals surface area contributed by atoms with Crippen LogP contribution in [0, 0.1) is 5.82 Å². The van der Waals surface area contributed by atoms with Gasteiger partial charge in [0.05, 0.1) is 23.9 Å². The Morgan fingerprint density at radius 1 is 1.00 bits per heavy atom. The number of halogens is 2. The monoisotopic (exact) mass is 463 g/mol. The van der Waals surface area contributed by atoms with Crippen LogP contribution in [0.2, 0.25) is 0 Å². The number of esters is 2. The normalized spacial score (nSPS) is 17.0. The van der Waals surface area contributed by atoms with Crippen LogP contribution in [0.4, 0.5) is 10.1 Å². The summed E-state index contributed by atoms with van der Waals surface area (Å²) in [6, 6.07) is 10.6. The van der Waals surface area contributed by atoms with Crippen LogP contribution in [0.1, 0.15) is 44.9 Å². The van der Waals surface area contributed by atoms with Gasteiger partial charge in [0, 0.05) is 10.0 Å². The molecule has 0 fully saturated rings. The summed E-state index contributed by atoms with van der Waals surface area (Å²) in [6.07, 6.45) is -0.927. The molecule has 1 heterocycles. The van der Waals surface area contributed by atoms with E-state index in [-0.39, 0.29) is 11.3 Å². The van der Waals surface area contributed by atoms with Crippen molar-refractivity contribution in [2.45, 2.75) is 51.4 Å². The minimum absolute atomic E-state index is 0.0989. The molecular formula is C22H23BrFNO4. The van der Waals surface area contributed by atoms with Crippen molar-refractivity contribution in [3.8, 4) is 0 Å². The number of hydrogen-bond donors (Lipinski definition) is 1. The van der Waals surface area contributed by atoms with Crippen LogP contribution >= 0.6 is 15.9 Å². The minimum Gasteiger partial charge on any atom is -0.462 e. The van der Waals surface area contributed by atoms with Crippen molar-refractivity contribution < 1.29 is 23.5 Å². The number of hydrogen-bond acceptors (Lipinski definition) is 5. The summed E-state index contributed by atoms with van der Waals surface area (Å²) in [5.74, 6) is -2.10. The largest absolute Gasteiger partial charge is 0.462 e. The van der Waals surface area contributed by atoms with E-state index in [1.165, 1.54) is 12.1 Å². The first-order valence-corrected chi connectivity index (χ1v) is 10.2. The third-order valence-electron chi connectivity index (χ3n) is 4.69. The molecule has 2 aromatic carbocycles. The third kappa shape index (κ3) is 3.75. The maximum absolute atomic E-state index is 14.7. The molecule has 2 aromatic rings. The van der Waals surface area contributed by atoms with Crippen LogP contribution < -0.4 is 5.32 Å². The lowest BCUT2D eigenvalue weighted by atomic mass is 9.74. The quantitative estimate of drug-likeness (QED) is 0.504. The number of rotatable bonds is 5. The molecule has 0 aromatic heterocycles. The van der Waals surface area contributed by atoms with E-state index in [0.717, 1.165) is 4.47 Å². The summed E-state index contributed by atoms with van der Waals surface area (Å²) in [5.41, 5.74) is -0.937. The van der Waals surface area contributed by atoms with E-state index in [1.54, 1.807) is 58.0 Å². The van der Waals surface area contributed by atoms with Crippen LogP contribution in [0.15, 0.2) is 46.9 Å². The van der Waals surface area contributed by atoms with Crippen LogP contribution in [0.25, 0.3) is 0 Å². The molecule has 0 radical (unpaired) electrons. The lowest BCUT2D eigenvalue weighted by molar-refractivity contribution is -0.170. The Morgan fingerprint density at radius 2 is 1.55 bits per heavy atom. The fraction of sp³-hybridized carbons (Fsp3) is 0.364. The van der Waals surface area contributed by atoms with Crippen molar-refractivity contribution in [3.05, 3.63) is 63.9 Å². The molecule has 0 spiro atoms. The summed E-state index contributed by atoms with van der Waals surface area (Å²) >= 11 is 3.38. The Morgan fingerprint density at radius 3 is 2.07 bits per heavy atom. The van der Waals surface area contributed by atoms with Crippen LogP contribution in [0.3, 0.4) is 0 Å². The highest BCUT2D eigenvalue weighted by Crippen LogP contribution is 2.51. The first-order chi connectivity index (χ1) is 13.7. The summed E-state index contributed by atoms with van der Waals surface area (Å²) in [4.78, 5) is 26.9. The van der Waals surface area contributed by atoms with Gasteiger partial charge in [-0.3, -0.25) is 9.59 Å². The van der Waals surface area contributed by atoms with Crippen molar-refractivity contribution in [1.82, 2.24) is 0 Å². The van der Waals surface area contributed by atoms with Gasteiger partial charge in [-0.05, 0) is 51.5 Å². The zero-order valence-electron chi connectivity index (χ0n) is 16.7. The Labute approximate surface area is 177 Å². The van der Waals surface area contributed by atoms with Gasteiger partial charge in [-0.1, -0.05) is 40.2 Å². The van der Waals surface area contributed by atoms with E-state index in [0.29, 0.717) is 5.56 Å². The van der Waals surface area contributed by atoms with E-state index in [2.05, 4.69) is 21.2 Å². The molecule has 0 saturated heterocycles. The smallest absolute Gasteiger partial charge is 0.330 e. The second-order valence-electron chi connectivity index (χ2n) is 7.51. The topological polar surface area (TPSA) is 64.6 Å². The molecule has 1 N–H and O–H groups in total. The molecule has 0 unspecified atom stereocenters. The molecule has 0 bridgehead atoms. The van der Waals surface area contributed by atoms with E-state index < -0.39 is 41.4 Å². The zero-order valence-corrected chi connectivity index (χ0v) is 18.2. The van der Waals surface area contributed by atoms with Gasteiger partial charge >= 0.3 is 11.9 Å². The van der Waals surface area contributed by atoms with Gasteiger partial charge in [0.1, 0.15) is 5.82 Å². The van der Waals surface area contributed by atoms with Gasteiger partial charge in [0.25, 0.3) is 0 Å². The third-order valence-corrected chi connectivity index (χ3v) is 5.22. The Bertz CT molecular complexity index is 905. The maximum Gasteiger partial charge on any atom is 0.330 e. The fourth-order valence-corrected chi connectivity index (χ4v) is 3.81. The van der Waals surface area contributed by atoms with Crippen LogP contribution in [-0.4, -0.2) is 24.1 Å². The number of nitrogens with one attached hydrogen (secondary N) is 1. The summed E-state index contributed by atoms with van der Waals surface area (Å²) in [6.45, 7) is 6.79. The summed E-state index contributed by atoms with van der Waals surface area (Å²) in [7, 11) is 0. The number of carbonyl (C=O) groups excluding carboxylic acids is 2. The molecule has 1 aliphatic heterocycles. The molecule has 1 aliphatic rings. The molecular weight excluding hydrogens is 441 g/mol. The number of para-hydroxylation sites is 1. The average Bonchev–Trinajstić information content (AvgIpc) is 2.99. The number of ether oxygens (including phenoxy) is 2. The number of anilines is 1. The van der Waals surface area contributed by atoms with Gasteiger partial charge in [0.15, 0.2) is 0 Å². The van der Waals surface area contributed by atoms with Gasteiger partial charge in [0.2, 0.25) is 5.41 Å². The lowest BCUT2D eigenvalue weighted by Gasteiger charge is -2.33. The van der Waals surface area contributed by atoms with Crippen molar-refractivity contribution in [2.75, 3.05) is 5.32 Å². The SMILES string of the molecule is CC(C)OC(=O)C1(C(=O)OC(C)C)c2cccc(F)c2N[C@@H]1c1ccc(Br)cc1. The Balaban J connectivity index is 2.28. The molecule has 0 aliphatic carbocycles. The van der Waals surface area contributed by atoms with Crippen molar-refractivity contribution in [1.29, 1.82) is 0 Å². The van der Waals surface area contributed by atoms with E-state index in [1.807, 2.05) is 0 Å². The predicted molar refractivity (Wildman–Crippen MR) is 111 cm³/mol. The van der Waals surface area contributed by atoms with Crippen molar-refractivity contribution in [3.63, 3.8) is 0 Å². The molecule has 154 valence electrons. The van der Waals surface area contributed by atoms with E-state index in [4.69, 9.17) is 9.47 Å². The first-order valence-electron chi connectivity index (χ1n) is 9.41. The van der Waals surface area contributed by atoms with Gasteiger partial charge in [-0.2, -0.15) is 0 Å². The van der Waals surface area contributed by atoms with Gasteiger partial charge in [-0.25, -0.2) is 4.39 Å². The minimum atomic E-state index is -1.88. The average molecular weight is 464 g/mol. The molecule has 1 atom stereocenters. The van der Waals surface area contributed by atoms with Crippen molar-refractivity contribution in [2.24, 2.45) is 0 Å². The molecule has 29 heavy (non-hydrogen) atoms. The molecule has 5 nitrogen and oxygen atoms in total. The van der Waals surface area contributed by atoms with Crippen LogP contribution in [-0.2, 0) is 24.5 Å². The van der Waals surface area contributed by atoms with E-state index >= 15 is 0 Å². The Hall–Kier alpha value is -2.41. The van der Waals surface area contributed by atoms with Crippen LogP contribution in [0.5, 0.6) is 0 Å². The highest BCUT2D eigenvalue weighted by atomic mass is 79.9.